The fourth-order valence-electron chi connectivity index (χ4n) is 2.30. The summed E-state index contributed by atoms with van der Waals surface area (Å²) in [7, 11) is 0. The van der Waals surface area contributed by atoms with Crippen LogP contribution < -0.4 is 10.1 Å². The summed E-state index contributed by atoms with van der Waals surface area (Å²) < 4.78 is 24.7. The van der Waals surface area contributed by atoms with Gasteiger partial charge in [0.05, 0.1) is 17.9 Å². The van der Waals surface area contributed by atoms with E-state index in [0.29, 0.717) is 35.1 Å². The fraction of sp³-hybridized carbons (Fsp3) is 0.211. The minimum atomic E-state index is -0.366. The number of nitrogens with one attached hydrogen (secondary N) is 1. The highest BCUT2D eigenvalue weighted by Gasteiger charge is 2.15. The van der Waals surface area contributed by atoms with E-state index in [1.807, 2.05) is 31.2 Å². The van der Waals surface area contributed by atoms with Gasteiger partial charge in [0.2, 0.25) is 5.91 Å². The van der Waals surface area contributed by atoms with E-state index < -0.39 is 0 Å². The van der Waals surface area contributed by atoms with E-state index in [1.54, 1.807) is 19.1 Å². The second kappa shape index (κ2) is 8.68. The molecule has 27 heavy (non-hydrogen) atoms. The number of amides is 1. The Labute approximate surface area is 160 Å². The molecule has 3 aromatic rings. The number of anilines is 1. The van der Waals surface area contributed by atoms with Gasteiger partial charge >= 0.3 is 0 Å². The van der Waals surface area contributed by atoms with Gasteiger partial charge in [-0.3, -0.25) is 4.79 Å². The Kier molecular flexibility index (Phi) is 6.08. The van der Waals surface area contributed by atoms with Gasteiger partial charge in [-0.2, -0.15) is 0 Å². The zero-order valence-electron chi connectivity index (χ0n) is 14.9. The normalized spacial score (nSPS) is 10.6. The van der Waals surface area contributed by atoms with E-state index >= 15 is 0 Å². The third kappa shape index (κ3) is 4.85. The van der Waals surface area contributed by atoms with Crippen LogP contribution >= 0.6 is 11.8 Å². The molecule has 8 heteroatoms. The summed E-state index contributed by atoms with van der Waals surface area (Å²) in [5.74, 6) is 0.374. The summed E-state index contributed by atoms with van der Waals surface area (Å²) in [6, 6.07) is 11.9. The molecule has 0 aliphatic heterocycles. The van der Waals surface area contributed by atoms with Crippen molar-refractivity contribution in [2.24, 2.45) is 0 Å². The lowest BCUT2D eigenvalue weighted by Crippen LogP contribution is -2.14. The van der Waals surface area contributed by atoms with E-state index in [0.717, 1.165) is 11.8 Å². The lowest BCUT2D eigenvalue weighted by atomic mass is 10.2. The molecule has 0 spiro atoms. The van der Waals surface area contributed by atoms with Crippen molar-refractivity contribution >= 4 is 23.4 Å². The van der Waals surface area contributed by atoms with E-state index in [9.17, 15) is 9.18 Å². The number of halogens is 1. The van der Waals surface area contributed by atoms with Crippen molar-refractivity contribution in [1.82, 2.24) is 10.2 Å². The Morgan fingerprint density at radius 1 is 1.26 bits per heavy atom. The van der Waals surface area contributed by atoms with Crippen LogP contribution in [-0.2, 0) is 4.79 Å². The minimum absolute atomic E-state index is 0.0598. The number of hydrogen-bond donors (Lipinski definition) is 1. The number of thioether (sulfide) groups is 1. The molecule has 0 bridgehead atoms. The largest absolute Gasteiger partial charge is 0.493 e. The molecule has 0 aliphatic carbocycles. The highest BCUT2D eigenvalue weighted by Crippen LogP contribution is 2.30. The van der Waals surface area contributed by atoms with E-state index in [2.05, 4.69) is 15.5 Å². The van der Waals surface area contributed by atoms with Gasteiger partial charge in [-0.15, -0.1) is 10.2 Å². The van der Waals surface area contributed by atoms with Crippen LogP contribution in [0.2, 0.25) is 0 Å². The third-order valence-corrected chi connectivity index (χ3v) is 4.42. The Bertz CT molecular complexity index is 945. The van der Waals surface area contributed by atoms with Crippen LogP contribution in [0.25, 0.3) is 11.5 Å². The number of benzene rings is 2. The van der Waals surface area contributed by atoms with Gasteiger partial charge in [-0.25, -0.2) is 4.39 Å². The molecule has 6 nitrogen and oxygen atoms in total. The number of nitrogens with zero attached hydrogens (tertiary/aromatic N) is 2. The van der Waals surface area contributed by atoms with Crippen LogP contribution in [0.1, 0.15) is 12.5 Å². The first kappa shape index (κ1) is 18.9. The Morgan fingerprint density at radius 3 is 2.85 bits per heavy atom. The molecule has 0 radical (unpaired) electrons. The molecule has 1 heterocycles. The molecular formula is C19H18FN3O3S. The first-order valence-corrected chi connectivity index (χ1v) is 9.30. The molecule has 2 aromatic carbocycles. The fourth-order valence-corrected chi connectivity index (χ4v) is 2.86. The standard InChI is InChI=1S/C19H18FN3O3S/c1-3-25-16-7-5-4-6-14(16)18-22-23-19(26-18)27-11-17(24)21-13-9-8-12(2)15(20)10-13/h4-10H,3,11H2,1-2H3,(H,21,24). The number of ether oxygens (including phenoxy) is 1. The summed E-state index contributed by atoms with van der Waals surface area (Å²) >= 11 is 1.10. The summed E-state index contributed by atoms with van der Waals surface area (Å²) in [4.78, 5) is 12.0. The summed E-state index contributed by atoms with van der Waals surface area (Å²) in [6.07, 6.45) is 0. The molecule has 0 fully saturated rings. The van der Waals surface area contributed by atoms with Crippen molar-refractivity contribution in [2.75, 3.05) is 17.7 Å². The van der Waals surface area contributed by atoms with Crippen molar-refractivity contribution in [3.8, 4) is 17.2 Å². The van der Waals surface area contributed by atoms with Crippen molar-refractivity contribution in [3.63, 3.8) is 0 Å². The number of para-hydroxylation sites is 1. The summed E-state index contributed by atoms with van der Waals surface area (Å²) in [5, 5.41) is 10.9. The van der Waals surface area contributed by atoms with E-state index in [4.69, 9.17) is 9.15 Å². The van der Waals surface area contributed by atoms with Gasteiger partial charge in [0, 0.05) is 5.69 Å². The number of aromatic nitrogens is 2. The molecule has 1 N–H and O–H groups in total. The SMILES string of the molecule is CCOc1ccccc1-c1nnc(SCC(=O)Nc2ccc(C)c(F)c2)o1. The molecule has 1 aromatic heterocycles. The van der Waals surface area contributed by atoms with E-state index in [1.165, 1.54) is 6.07 Å². The molecule has 1 amide bonds. The zero-order chi connectivity index (χ0) is 19.2. The number of rotatable bonds is 7. The van der Waals surface area contributed by atoms with Crippen LogP contribution in [0.3, 0.4) is 0 Å². The number of aryl methyl sites for hydroxylation is 1. The molecule has 0 aliphatic rings. The van der Waals surface area contributed by atoms with Gasteiger partial charge in [0.1, 0.15) is 11.6 Å². The number of carbonyl (C=O) groups excluding carboxylic acids is 1. The molecule has 0 saturated carbocycles. The topological polar surface area (TPSA) is 77.2 Å². The predicted octanol–water partition coefficient (Wildman–Crippen LogP) is 4.31. The molecule has 140 valence electrons. The van der Waals surface area contributed by atoms with Gasteiger partial charge in [0.15, 0.2) is 0 Å². The average molecular weight is 387 g/mol. The van der Waals surface area contributed by atoms with Crippen molar-refractivity contribution in [2.45, 2.75) is 19.1 Å². The van der Waals surface area contributed by atoms with Crippen LogP contribution in [0.4, 0.5) is 10.1 Å². The van der Waals surface area contributed by atoms with Crippen LogP contribution in [0.5, 0.6) is 5.75 Å². The maximum absolute atomic E-state index is 13.5. The van der Waals surface area contributed by atoms with Crippen molar-refractivity contribution in [1.29, 1.82) is 0 Å². The maximum Gasteiger partial charge on any atom is 0.277 e. The summed E-state index contributed by atoms with van der Waals surface area (Å²) in [5.41, 5.74) is 1.62. The number of carbonyl (C=O) groups is 1. The second-order valence-electron chi connectivity index (χ2n) is 5.60. The Morgan fingerprint density at radius 2 is 2.07 bits per heavy atom. The molecule has 0 saturated heterocycles. The highest BCUT2D eigenvalue weighted by molar-refractivity contribution is 7.99. The van der Waals surface area contributed by atoms with Crippen molar-refractivity contribution in [3.05, 3.63) is 53.8 Å². The van der Waals surface area contributed by atoms with Crippen LogP contribution in [-0.4, -0.2) is 28.5 Å². The van der Waals surface area contributed by atoms with Gasteiger partial charge in [-0.05, 0) is 43.7 Å². The lowest BCUT2D eigenvalue weighted by molar-refractivity contribution is -0.113. The maximum atomic E-state index is 13.5. The van der Waals surface area contributed by atoms with Gasteiger partial charge in [-0.1, -0.05) is 30.0 Å². The van der Waals surface area contributed by atoms with Gasteiger partial charge < -0.3 is 14.5 Å². The lowest BCUT2D eigenvalue weighted by Gasteiger charge is -2.06. The Balaban J connectivity index is 1.61. The van der Waals surface area contributed by atoms with Crippen LogP contribution in [0, 0.1) is 12.7 Å². The zero-order valence-corrected chi connectivity index (χ0v) is 15.7. The predicted molar refractivity (Wildman–Crippen MR) is 101 cm³/mol. The molecule has 0 atom stereocenters. The minimum Gasteiger partial charge on any atom is -0.493 e. The average Bonchev–Trinajstić information content (AvgIpc) is 3.13. The molecule has 3 rings (SSSR count). The monoisotopic (exact) mass is 387 g/mol. The first-order chi connectivity index (χ1) is 13.1. The van der Waals surface area contributed by atoms with E-state index in [-0.39, 0.29) is 22.7 Å². The Hall–Kier alpha value is -2.87. The second-order valence-corrected chi connectivity index (χ2v) is 6.53. The van der Waals surface area contributed by atoms with Crippen molar-refractivity contribution < 1.29 is 18.3 Å². The molecular weight excluding hydrogens is 369 g/mol. The number of hydrogen-bond acceptors (Lipinski definition) is 6. The van der Waals surface area contributed by atoms with Gasteiger partial charge in [0.25, 0.3) is 11.1 Å². The third-order valence-electron chi connectivity index (χ3n) is 3.61. The quantitative estimate of drug-likeness (QED) is 0.609. The first-order valence-electron chi connectivity index (χ1n) is 8.31. The smallest absolute Gasteiger partial charge is 0.277 e. The highest BCUT2D eigenvalue weighted by atomic mass is 32.2. The molecule has 0 unspecified atom stereocenters. The van der Waals surface area contributed by atoms with Crippen LogP contribution in [0.15, 0.2) is 52.1 Å². The summed E-state index contributed by atoms with van der Waals surface area (Å²) in [6.45, 7) is 4.07.